The van der Waals surface area contributed by atoms with Gasteiger partial charge in [0.25, 0.3) is 0 Å². The minimum Gasteiger partial charge on any atom is -0.339 e. The molecule has 166 valence electrons. The number of unbranched alkanes of at least 4 members (excludes halogenated alkanes) is 1. The highest BCUT2D eigenvalue weighted by Crippen LogP contribution is 2.28. The van der Waals surface area contributed by atoms with E-state index in [9.17, 15) is 18.0 Å². The molecule has 29 heavy (non-hydrogen) atoms. The summed E-state index contributed by atoms with van der Waals surface area (Å²) in [7, 11) is -3.18. The molecule has 0 bridgehead atoms. The normalized spacial score (nSPS) is 22.9. The van der Waals surface area contributed by atoms with Crippen LogP contribution in [0.25, 0.3) is 0 Å². The molecule has 0 spiro atoms. The number of amides is 2. The molecule has 3 fully saturated rings. The van der Waals surface area contributed by atoms with E-state index in [2.05, 4.69) is 0 Å². The lowest BCUT2D eigenvalue weighted by Crippen LogP contribution is -2.53. The van der Waals surface area contributed by atoms with E-state index in [0.717, 1.165) is 6.42 Å². The van der Waals surface area contributed by atoms with Gasteiger partial charge in [-0.15, -0.1) is 0 Å². The third-order valence-corrected chi connectivity index (χ3v) is 8.79. The minimum atomic E-state index is -3.18. The Morgan fingerprint density at radius 1 is 0.862 bits per heavy atom. The van der Waals surface area contributed by atoms with Crippen molar-refractivity contribution >= 4 is 21.8 Å². The summed E-state index contributed by atoms with van der Waals surface area (Å²) < 4.78 is 26.2. The van der Waals surface area contributed by atoms with Crippen LogP contribution in [-0.2, 0) is 19.6 Å². The summed E-state index contributed by atoms with van der Waals surface area (Å²) in [6.45, 7) is 5.34. The van der Waals surface area contributed by atoms with Crippen molar-refractivity contribution in [2.24, 2.45) is 11.8 Å². The van der Waals surface area contributed by atoms with Gasteiger partial charge in [-0.1, -0.05) is 26.2 Å². The molecule has 3 rings (SSSR count). The van der Waals surface area contributed by atoms with E-state index < -0.39 is 10.0 Å². The van der Waals surface area contributed by atoms with Crippen LogP contribution in [0, 0.1) is 11.8 Å². The number of carbonyl (C=O) groups is 2. The van der Waals surface area contributed by atoms with Crippen LogP contribution in [0.2, 0.25) is 0 Å². The first-order valence-corrected chi connectivity index (χ1v) is 13.1. The zero-order valence-corrected chi connectivity index (χ0v) is 18.7. The average molecular weight is 428 g/mol. The van der Waals surface area contributed by atoms with Crippen LogP contribution in [0.15, 0.2) is 0 Å². The molecule has 2 amide bonds. The van der Waals surface area contributed by atoms with Crippen molar-refractivity contribution in [3.05, 3.63) is 0 Å². The van der Waals surface area contributed by atoms with Crippen molar-refractivity contribution in [2.45, 2.75) is 64.7 Å². The minimum absolute atomic E-state index is 0.0895. The van der Waals surface area contributed by atoms with Gasteiger partial charge in [-0.25, -0.2) is 12.7 Å². The molecule has 0 unspecified atom stereocenters. The van der Waals surface area contributed by atoms with E-state index in [1.807, 2.05) is 16.7 Å². The lowest BCUT2D eigenvalue weighted by atomic mass is 9.96. The number of piperazine rings is 1. The molecule has 1 saturated carbocycles. The van der Waals surface area contributed by atoms with E-state index in [4.69, 9.17) is 0 Å². The van der Waals surface area contributed by atoms with Gasteiger partial charge < -0.3 is 9.80 Å². The first-order valence-electron chi connectivity index (χ1n) is 11.4. The standard InChI is InChI=1S/C21H37N3O4S/c1-2-3-16-29(27,28)24-10-8-19(9-11-24)21(26)23-14-12-22(13-15-23)20(25)17-18-6-4-5-7-18/h18-19H,2-17H2,1H3. The molecule has 2 aliphatic heterocycles. The number of sulfonamides is 1. The number of rotatable bonds is 7. The van der Waals surface area contributed by atoms with Crippen LogP contribution in [0.1, 0.15) is 64.7 Å². The van der Waals surface area contributed by atoms with Crippen molar-refractivity contribution in [3.8, 4) is 0 Å². The summed E-state index contributed by atoms with van der Waals surface area (Å²) in [4.78, 5) is 29.2. The maximum atomic E-state index is 12.9. The third kappa shape index (κ3) is 5.94. The Labute approximate surface area is 175 Å². The topological polar surface area (TPSA) is 78.0 Å². The lowest BCUT2D eigenvalue weighted by molar-refractivity contribution is -0.143. The van der Waals surface area contributed by atoms with E-state index in [1.54, 1.807) is 4.31 Å². The van der Waals surface area contributed by atoms with Crippen LogP contribution >= 0.6 is 0 Å². The second-order valence-corrected chi connectivity index (χ2v) is 11.0. The maximum Gasteiger partial charge on any atom is 0.225 e. The fraction of sp³-hybridized carbons (Fsp3) is 0.905. The first-order chi connectivity index (χ1) is 13.9. The molecule has 0 atom stereocenters. The quantitative estimate of drug-likeness (QED) is 0.623. The van der Waals surface area contributed by atoms with Crippen molar-refractivity contribution < 1.29 is 18.0 Å². The molecule has 0 aromatic heterocycles. The Morgan fingerprint density at radius 2 is 1.45 bits per heavy atom. The fourth-order valence-corrected chi connectivity index (χ4v) is 6.54. The van der Waals surface area contributed by atoms with Gasteiger partial charge in [0.1, 0.15) is 0 Å². The molecular formula is C21H37N3O4S. The third-order valence-electron chi connectivity index (χ3n) is 6.83. The number of piperidine rings is 1. The Hall–Kier alpha value is -1.15. The Morgan fingerprint density at radius 3 is 2.03 bits per heavy atom. The van der Waals surface area contributed by atoms with Crippen molar-refractivity contribution in [1.82, 2.24) is 14.1 Å². The number of hydrogen-bond acceptors (Lipinski definition) is 4. The zero-order valence-electron chi connectivity index (χ0n) is 17.9. The monoisotopic (exact) mass is 427 g/mol. The average Bonchev–Trinajstić information content (AvgIpc) is 3.25. The van der Waals surface area contributed by atoms with Crippen molar-refractivity contribution in [1.29, 1.82) is 0 Å². The van der Waals surface area contributed by atoms with Gasteiger partial charge >= 0.3 is 0 Å². The maximum absolute atomic E-state index is 12.9. The van der Waals surface area contributed by atoms with Gasteiger partial charge in [0.2, 0.25) is 21.8 Å². The smallest absolute Gasteiger partial charge is 0.225 e. The Bertz CT molecular complexity index is 659. The molecule has 2 heterocycles. The van der Waals surface area contributed by atoms with Gasteiger partial charge in [0.05, 0.1) is 5.75 Å². The lowest BCUT2D eigenvalue weighted by Gasteiger charge is -2.38. The largest absolute Gasteiger partial charge is 0.339 e. The van der Waals surface area contributed by atoms with E-state index in [0.29, 0.717) is 70.9 Å². The van der Waals surface area contributed by atoms with Crippen molar-refractivity contribution in [3.63, 3.8) is 0 Å². The van der Waals surface area contributed by atoms with Gasteiger partial charge in [0, 0.05) is 51.6 Å². The molecule has 0 aromatic carbocycles. The van der Waals surface area contributed by atoms with Gasteiger partial charge in [0.15, 0.2) is 0 Å². The second kappa shape index (κ2) is 10.2. The molecule has 0 aromatic rings. The summed E-state index contributed by atoms with van der Waals surface area (Å²) in [6.07, 6.45) is 8.27. The van der Waals surface area contributed by atoms with Crippen LogP contribution in [0.5, 0.6) is 0 Å². The van der Waals surface area contributed by atoms with Crippen molar-refractivity contribution in [2.75, 3.05) is 45.0 Å². The first kappa shape index (κ1) is 22.5. The van der Waals surface area contributed by atoms with Crippen LogP contribution in [0.3, 0.4) is 0 Å². The van der Waals surface area contributed by atoms with Gasteiger partial charge in [-0.2, -0.15) is 0 Å². The Kier molecular flexibility index (Phi) is 7.96. The molecule has 0 N–H and O–H groups in total. The predicted octanol–water partition coefficient (Wildman–Crippen LogP) is 2.08. The molecule has 1 aliphatic carbocycles. The molecule has 3 aliphatic rings. The summed E-state index contributed by atoms with van der Waals surface area (Å²) >= 11 is 0. The summed E-state index contributed by atoms with van der Waals surface area (Å²) in [5, 5.41) is 0. The predicted molar refractivity (Wildman–Crippen MR) is 113 cm³/mol. The van der Waals surface area contributed by atoms with Gasteiger partial charge in [-0.3, -0.25) is 9.59 Å². The second-order valence-electron chi connectivity index (χ2n) is 8.90. The summed E-state index contributed by atoms with van der Waals surface area (Å²) in [6, 6.07) is 0. The highest BCUT2D eigenvalue weighted by atomic mass is 32.2. The SMILES string of the molecule is CCCCS(=O)(=O)N1CCC(C(=O)N2CCN(C(=O)CC3CCCC3)CC2)CC1. The molecule has 2 saturated heterocycles. The summed E-state index contributed by atoms with van der Waals surface area (Å²) in [5.41, 5.74) is 0. The number of hydrogen-bond donors (Lipinski definition) is 0. The van der Waals surface area contributed by atoms with E-state index >= 15 is 0 Å². The Balaban J connectivity index is 1.41. The number of carbonyl (C=O) groups excluding carboxylic acids is 2. The van der Waals surface area contributed by atoms with E-state index in [-0.39, 0.29) is 23.5 Å². The zero-order chi connectivity index (χ0) is 20.9. The fourth-order valence-electron chi connectivity index (χ4n) is 4.86. The molecular weight excluding hydrogens is 390 g/mol. The van der Waals surface area contributed by atoms with Crippen LogP contribution in [0.4, 0.5) is 0 Å². The molecule has 7 nitrogen and oxygen atoms in total. The molecule has 0 radical (unpaired) electrons. The molecule has 8 heteroatoms. The van der Waals surface area contributed by atoms with Crippen LogP contribution in [-0.4, -0.2) is 79.4 Å². The van der Waals surface area contributed by atoms with Gasteiger partial charge in [-0.05, 0) is 38.0 Å². The number of nitrogens with zero attached hydrogens (tertiary/aromatic N) is 3. The van der Waals surface area contributed by atoms with Crippen LogP contribution < -0.4 is 0 Å². The summed E-state index contributed by atoms with van der Waals surface area (Å²) in [5.74, 6) is 1.06. The highest BCUT2D eigenvalue weighted by Gasteiger charge is 2.34. The van der Waals surface area contributed by atoms with E-state index in [1.165, 1.54) is 25.7 Å². The highest BCUT2D eigenvalue weighted by molar-refractivity contribution is 7.89.